The molecule has 4 heteroatoms. The minimum atomic E-state index is -0.611. The van der Waals surface area contributed by atoms with E-state index in [0.717, 1.165) is 0 Å². The smallest absolute Gasteiger partial charge is 0.204 e. The minimum absolute atomic E-state index is 0.250. The molecule has 0 radical (unpaired) electrons. The fourth-order valence-electron chi connectivity index (χ4n) is 0. The number of amides is 1. The van der Waals surface area contributed by atoms with Gasteiger partial charge in [-0.2, -0.15) is 0 Å². The normalized spacial score (nSPS) is 6.86. The first-order chi connectivity index (χ1) is 3.15. The Hall–Kier alpha value is -0.220. The van der Waals surface area contributed by atoms with Gasteiger partial charge in [0.25, 0.3) is 0 Å². The van der Waals surface area contributed by atoms with Crippen LogP contribution in [0.25, 0.3) is 0 Å². The number of primary amides is 1. The highest BCUT2D eigenvalue weighted by Gasteiger charge is 1.66. The molecule has 0 aromatic carbocycles. The Balaban J connectivity index is 0. The van der Waals surface area contributed by atoms with E-state index in [-0.39, 0.29) is 6.41 Å². The van der Waals surface area contributed by atoms with Crippen molar-refractivity contribution >= 4 is 17.6 Å². The van der Waals surface area contributed by atoms with Crippen molar-refractivity contribution in [2.45, 2.75) is 0 Å². The Bertz CT molecular complexity index is 37.2. The van der Waals surface area contributed by atoms with Crippen molar-refractivity contribution in [2.24, 2.45) is 5.73 Å². The monoisotopic (exact) mass is 123 g/mol. The molecule has 0 aromatic heterocycles. The first kappa shape index (κ1) is 9.91. The highest BCUT2D eigenvalue weighted by molar-refractivity contribution is 7.89. The van der Waals surface area contributed by atoms with Gasteiger partial charge in [-0.3, -0.25) is 4.79 Å². The largest absolute Gasteiger partial charge is 0.617 e. The summed E-state index contributed by atoms with van der Waals surface area (Å²) in [6, 6.07) is 0. The molecule has 0 aliphatic heterocycles. The number of hydrogen-bond acceptors (Lipinski definition) is 2. The quantitative estimate of drug-likeness (QED) is 0.335. The third-order valence-electron chi connectivity index (χ3n) is 0. The van der Waals surface area contributed by atoms with Crippen LogP contribution in [0.2, 0.25) is 0 Å². The molecule has 0 aromatic rings. The number of carbonyl (C=O) groups is 1. The minimum Gasteiger partial charge on any atom is -0.617 e. The third-order valence-corrected chi connectivity index (χ3v) is 0. The van der Waals surface area contributed by atoms with Gasteiger partial charge in [-0.25, -0.2) is 0 Å². The summed E-state index contributed by atoms with van der Waals surface area (Å²) in [4.78, 5) is 8.58. The van der Waals surface area contributed by atoms with E-state index in [9.17, 15) is 4.55 Å². The maximum Gasteiger partial charge on any atom is 0.204 e. The highest BCUT2D eigenvalue weighted by Crippen LogP contribution is 1.61. The van der Waals surface area contributed by atoms with E-state index < -0.39 is 11.2 Å². The van der Waals surface area contributed by atoms with Crippen LogP contribution in [0.3, 0.4) is 0 Å². The topological polar surface area (TPSA) is 66.2 Å². The van der Waals surface area contributed by atoms with Gasteiger partial charge in [-0.05, 0) is 0 Å². The molecule has 0 bridgehead atoms. The third kappa shape index (κ3) is 1710. The predicted octanol–water partition coefficient (Wildman–Crippen LogP) is -0.904. The van der Waals surface area contributed by atoms with E-state index in [1.807, 2.05) is 0 Å². The maximum atomic E-state index is 9.56. The summed E-state index contributed by atoms with van der Waals surface area (Å²) in [5.41, 5.74) is 4.17. The van der Waals surface area contributed by atoms with Gasteiger partial charge in [-0.15, -0.1) is 0 Å². The summed E-state index contributed by atoms with van der Waals surface area (Å²) >= 11 is -0.611. The van der Waals surface area contributed by atoms with E-state index in [2.05, 4.69) is 5.73 Å². The van der Waals surface area contributed by atoms with Gasteiger partial charge < -0.3 is 10.3 Å². The van der Waals surface area contributed by atoms with Crippen LogP contribution < -0.4 is 5.73 Å². The standard InChI is InChI=1S/C2H6OS.CH3NO/c1-4(2)3;2-1-3/h1-2H3;1H,(H2,2,3). The van der Waals surface area contributed by atoms with Crippen LogP contribution in [0.5, 0.6) is 0 Å². The molecule has 44 valence electrons. The molecule has 0 heterocycles. The summed E-state index contributed by atoms with van der Waals surface area (Å²) in [7, 11) is 0. The second-order valence-electron chi connectivity index (χ2n) is 0.878. The van der Waals surface area contributed by atoms with Crippen molar-refractivity contribution in [3.63, 3.8) is 0 Å². The van der Waals surface area contributed by atoms with Crippen molar-refractivity contribution < 1.29 is 9.35 Å². The molecule has 0 aliphatic rings. The zero-order valence-corrected chi connectivity index (χ0v) is 5.20. The van der Waals surface area contributed by atoms with Crippen molar-refractivity contribution in [1.29, 1.82) is 0 Å². The van der Waals surface area contributed by atoms with Gasteiger partial charge in [0.1, 0.15) is 0 Å². The van der Waals surface area contributed by atoms with Crippen molar-refractivity contribution in [2.75, 3.05) is 12.5 Å². The lowest BCUT2D eigenvalue weighted by Gasteiger charge is -1.87. The van der Waals surface area contributed by atoms with Gasteiger partial charge in [-0.1, -0.05) is 11.2 Å². The van der Waals surface area contributed by atoms with E-state index in [4.69, 9.17) is 4.79 Å². The van der Waals surface area contributed by atoms with E-state index in [1.165, 1.54) is 0 Å². The van der Waals surface area contributed by atoms with Gasteiger partial charge in [0.2, 0.25) is 6.41 Å². The first-order valence-corrected chi connectivity index (χ1v) is 3.52. The first-order valence-electron chi connectivity index (χ1n) is 1.55. The van der Waals surface area contributed by atoms with Crippen LogP contribution >= 0.6 is 0 Å². The average Bonchev–Trinajstić information content (AvgIpc) is 1.33. The number of rotatable bonds is 0. The highest BCUT2D eigenvalue weighted by atomic mass is 32.2. The lowest BCUT2D eigenvalue weighted by atomic mass is 11.5. The Morgan fingerprint density at radius 1 is 1.71 bits per heavy atom. The van der Waals surface area contributed by atoms with Gasteiger partial charge in [0, 0.05) is 0 Å². The van der Waals surface area contributed by atoms with Crippen LogP contribution in [-0.2, 0) is 16.0 Å². The van der Waals surface area contributed by atoms with Crippen molar-refractivity contribution in [1.82, 2.24) is 0 Å². The van der Waals surface area contributed by atoms with Crippen LogP contribution in [0.1, 0.15) is 0 Å². The summed E-state index contributed by atoms with van der Waals surface area (Å²) in [6.07, 6.45) is 3.53. The zero-order valence-electron chi connectivity index (χ0n) is 4.38. The van der Waals surface area contributed by atoms with Gasteiger partial charge >= 0.3 is 0 Å². The van der Waals surface area contributed by atoms with Crippen molar-refractivity contribution in [3.05, 3.63) is 0 Å². The Kier molecular flexibility index (Phi) is 13.1. The SMILES string of the molecule is C[S+](C)[O-].NC=O. The molecule has 0 unspecified atom stereocenters. The summed E-state index contributed by atoms with van der Waals surface area (Å²) in [5, 5.41) is 0. The molecule has 2 N–H and O–H groups in total. The van der Waals surface area contributed by atoms with Gasteiger partial charge in [0.15, 0.2) is 0 Å². The zero-order chi connectivity index (χ0) is 6.28. The fourth-order valence-corrected chi connectivity index (χ4v) is 0. The summed E-state index contributed by atoms with van der Waals surface area (Å²) < 4.78 is 9.56. The Morgan fingerprint density at radius 3 is 1.71 bits per heavy atom. The second-order valence-corrected chi connectivity index (χ2v) is 2.36. The molecule has 0 saturated carbocycles. The summed E-state index contributed by atoms with van der Waals surface area (Å²) in [5.74, 6) is 0. The van der Waals surface area contributed by atoms with Crippen LogP contribution in [-0.4, -0.2) is 23.5 Å². The van der Waals surface area contributed by atoms with Gasteiger partial charge in [0.05, 0.1) is 12.5 Å². The second kappa shape index (κ2) is 9.24. The molecule has 0 fully saturated rings. The molecular formula is C3H9NO2S. The molecule has 1 amide bonds. The molecule has 3 nitrogen and oxygen atoms in total. The molecule has 7 heavy (non-hydrogen) atoms. The van der Waals surface area contributed by atoms with Crippen LogP contribution in [0.4, 0.5) is 0 Å². The summed E-state index contributed by atoms with van der Waals surface area (Å²) in [6.45, 7) is 0. The van der Waals surface area contributed by atoms with Crippen LogP contribution in [0, 0.1) is 0 Å². The number of carbonyl (C=O) groups excluding carboxylic acids is 1. The Morgan fingerprint density at radius 2 is 1.71 bits per heavy atom. The van der Waals surface area contributed by atoms with E-state index in [0.29, 0.717) is 0 Å². The molecule has 0 saturated heterocycles. The molecule has 0 spiro atoms. The molecule has 0 rings (SSSR count). The predicted molar refractivity (Wildman–Crippen MR) is 30.2 cm³/mol. The number of hydrogen-bond donors (Lipinski definition) is 1. The lowest BCUT2D eigenvalue weighted by molar-refractivity contribution is -0.106. The van der Waals surface area contributed by atoms with E-state index in [1.54, 1.807) is 12.5 Å². The number of nitrogens with two attached hydrogens (primary N) is 1. The maximum absolute atomic E-state index is 9.56. The van der Waals surface area contributed by atoms with Crippen molar-refractivity contribution in [3.8, 4) is 0 Å². The lowest BCUT2D eigenvalue weighted by Crippen LogP contribution is -1.86. The fraction of sp³-hybridized carbons (Fsp3) is 0.667. The molecule has 0 aliphatic carbocycles. The van der Waals surface area contributed by atoms with Crippen LogP contribution in [0.15, 0.2) is 0 Å². The molecule has 0 atom stereocenters. The average molecular weight is 123 g/mol. The van der Waals surface area contributed by atoms with E-state index >= 15 is 0 Å². The Labute approximate surface area is 46.1 Å². The molecular weight excluding hydrogens is 114 g/mol.